The number of para-hydroxylation sites is 1. The Kier molecular flexibility index (Phi) is 5.53. The second kappa shape index (κ2) is 7.42. The minimum Gasteiger partial charge on any atom is -0.372 e. The van der Waals surface area contributed by atoms with Gasteiger partial charge in [0.15, 0.2) is 0 Å². The number of nitrogens with one attached hydrogen (secondary N) is 1. The molecule has 1 aliphatic rings. The summed E-state index contributed by atoms with van der Waals surface area (Å²) in [4.78, 5) is 2.48. The van der Waals surface area contributed by atoms with Crippen molar-refractivity contribution in [1.82, 2.24) is 5.32 Å². The van der Waals surface area contributed by atoms with Gasteiger partial charge in [-0.15, -0.1) is 0 Å². The molecule has 1 unspecified atom stereocenters. The van der Waals surface area contributed by atoms with Crippen molar-refractivity contribution < 1.29 is 0 Å². The van der Waals surface area contributed by atoms with Crippen LogP contribution in [0.15, 0.2) is 30.3 Å². The van der Waals surface area contributed by atoms with Crippen molar-refractivity contribution in [2.75, 3.05) is 31.1 Å². The Hall–Kier alpha value is -1.02. The molecule has 2 rings (SSSR count). The third kappa shape index (κ3) is 4.02. The van der Waals surface area contributed by atoms with Crippen molar-refractivity contribution in [3.05, 3.63) is 30.3 Å². The minimum absolute atomic E-state index is 0.910. The number of hydrogen-bond acceptors (Lipinski definition) is 2. The van der Waals surface area contributed by atoms with Crippen molar-refractivity contribution in [2.45, 2.75) is 32.6 Å². The first-order chi connectivity index (χ1) is 8.90. The summed E-state index contributed by atoms with van der Waals surface area (Å²) in [5.74, 6) is 0.910. The molecule has 1 atom stereocenters. The molecular formula is C16H26N2. The summed E-state index contributed by atoms with van der Waals surface area (Å²) in [6.45, 7) is 7.00. The standard InChI is InChI=1S/C16H26N2/c1-2-18(16-10-4-3-5-11-16)13-7-9-15-8-6-12-17-14-15/h3-5,10-11,15,17H,2,6-9,12-14H2,1H3. The zero-order chi connectivity index (χ0) is 12.6. The summed E-state index contributed by atoms with van der Waals surface area (Å²) in [7, 11) is 0. The zero-order valence-electron chi connectivity index (χ0n) is 11.6. The van der Waals surface area contributed by atoms with Crippen LogP contribution in [0.5, 0.6) is 0 Å². The number of nitrogens with zero attached hydrogens (tertiary/aromatic N) is 1. The lowest BCUT2D eigenvalue weighted by Crippen LogP contribution is -2.31. The van der Waals surface area contributed by atoms with Gasteiger partial charge in [-0.1, -0.05) is 18.2 Å². The van der Waals surface area contributed by atoms with Crippen LogP contribution in [0.4, 0.5) is 5.69 Å². The van der Waals surface area contributed by atoms with Crippen molar-refractivity contribution in [3.8, 4) is 0 Å². The molecule has 100 valence electrons. The third-order valence-corrected chi connectivity index (χ3v) is 3.94. The normalized spacial score (nSPS) is 19.7. The van der Waals surface area contributed by atoms with Gasteiger partial charge in [0.2, 0.25) is 0 Å². The van der Waals surface area contributed by atoms with Crippen molar-refractivity contribution in [3.63, 3.8) is 0 Å². The van der Waals surface area contributed by atoms with E-state index < -0.39 is 0 Å². The molecule has 18 heavy (non-hydrogen) atoms. The molecule has 1 aliphatic heterocycles. The van der Waals surface area contributed by atoms with Crippen LogP contribution in [0.2, 0.25) is 0 Å². The number of benzene rings is 1. The van der Waals surface area contributed by atoms with E-state index >= 15 is 0 Å². The summed E-state index contributed by atoms with van der Waals surface area (Å²) in [5, 5.41) is 3.51. The molecule has 2 heteroatoms. The minimum atomic E-state index is 0.910. The quantitative estimate of drug-likeness (QED) is 0.828. The van der Waals surface area contributed by atoms with Gasteiger partial charge in [-0.3, -0.25) is 0 Å². The van der Waals surface area contributed by atoms with E-state index in [-0.39, 0.29) is 0 Å². The Morgan fingerprint density at radius 1 is 1.28 bits per heavy atom. The molecule has 0 aliphatic carbocycles. The summed E-state index contributed by atoms with van der Waals surface area (Å²) >= 11 is 0. The van der Waals surface area contributed by atoms with Crippen LogP contribution >= 0.6 is 0 Å². The molecule has 0 bridgehead atoms. The maximum Gasteiger partial charge on any atom is 0.0366 e. The predicted molar refractivity (Wildman–Crippen MR) is 79.2 cm³/mol. The maximum atomic E-state index is 3.51. The smallest absolute Gasteiger partial charge is 0.0366 e. The first kappa shape index (κ1) is 13.4. The van der Waals surface area contributed by atoms with Crippen molar-refractivity contribution >= 4 is 5.69 Å². The number of hydrogen-bond donors (Lipinski definition) is 1. The van der Waals surface area contributed by atoms with E-state index in [0.717, 1.165) is 12.5 Å². The second-order valence-electron chi connectivity index (χ2n) is 5.27. The van der Waals surface area contributed by atoms with Gasteiger partial charge in [-0.25, -0.2) is 0 Å². The Bertz CT molecular complexity index is 317. The molecule has 0 amide bonds. The third-order valence-electron chi connectivity index (χ3n) is 3.94. The largest absolute Gasteiger partial charge is 0.372 e. The van der Waals surface area contributed by atoms with Gasteiger partial charge in [-0.05, 0) is 63.7 Å². The maximum absolute atomic E-state index is 3.51. The highest BCUT2D eigenvalue weighted by Gasteiger charge is 2.13. The van der Waals surface area contributed by atoms with Crippen molar-refractivity contribution in [2.24, 2.45) is 5.92 Å². The Morgan fingerprint density at radius 2 is 2.11 bits per heavy atom. The zero-order valence-corrected chi connectivity index (χ0v) is 11.6. The first-order valence-corrected chi connectivity index (χ1v) is 7.41. The molecular weight excluding hydrogens is 220 g/mol. The molecule has 1 saturated heterocycles. The van der Waals surface area contributed by atoms with E-state index in [9.17, 15) is 0 Å². The lowest BCUT2D eigenvalue weighted by atomic mass is 9.94. The summed E-state index contributed by atoms with van der Waals surface area (Å²) < 4.78 is 0. The van der Waals surface area contributed by atoms with Crippen LogP contribution in [0.1, 0.15) is 32.6 Å². The van der Waals surface area contributed by atoms with Gasteiger partial charge in [0.05, 0.1) is 0 Å². The molecule has 1 aromatic carbocycles. The van der Waals surface area contributed by atoms with Crippen LogP contribution in [0.25, 0.3) is 0 Å². The van der Waals surface area contributed by atoms with E-state index in [1.54, 1.807) is 0 Å². The summed E-state index contributed by atoms with van der Waals surface area (Å²) in [6, 6.07) is 10.8. The van der Waals surface area contributed by atoms with E-state index in [0.29, 0.717) is 0 Å². The van der Waals surface area contributed by atoms with Gasteiger partial charge in [0.25, 0.3) is 0 Å². The second-order valence-corrected chi connectivity index (χ2v) is 5.27. The van der Waals surface area contributed by atoms with Gasteiger partial charge in [0.1, 0.15) is 0 Å². The fourth-order valence-electron chi connectivity index (χ4n) is 2.85. The monoisotopic (exact) mass is 246 g/mol. The van der Waals surface area contributed by atoms with Crippen LogP contribution in [-0.4, -0.2) is 26.2 Å². The van der Waals surface area contributed by atoms with E-state index in [1.807, 2.05) is 0 Å². The molecule has 0 aromatic heterocycles. The Morgan fingerprint density at radius 3 is 2.78 bits per heavy atom. The van der Waals surface area contributed by atoms with Gasteiger partial charge in [-0.2, -0.15) is 0 Å². The van der Waals surface area contributed by atoms with E-state index in [2.05, 4.69) is 47.5 Å². The lowest BCUT2D eigenvalue weighted by Gasteiger charge is -2.26. The number of piperidine rings is 1. The molecule has 1 aromatic rings. The predicted octanol–water partition coefficient (Wildman–Crippen LogP) is 3.29. The fourth-order valence-corrected chi connectivity index (χ4v) is 2.85. The average Bonchev–Trinajstić information content (AvgIpc) is 2.46. The van der Waals surface area contributed by atoms with E-state index in [4.69, 9.17) is 0 Å². The van der Waals surface area contributed by atoms with Crippen LogP contribution in [0, 0.1) is 5.92 Å². The molecule has 1 N–H and O–H groups in total. The highest BCUT2D eigenvalue weighted by Crippen LogP contribution is 2.18. The van der Waals surface area contributed by atoms with Gasteiger partial charge >= 0.3 is 0 Å². The fraction of sp³-hybridized carbons (Fsp3) is 0.625. The lowest BCUT2D eigenvalue weighted by molar-refractivity contribution is 0.351. The molecule has 1 heterocycles. The summed E-state index contributed by atoms with van der Waals surface area (Å²) in [6.07, 6.45) is 5.47. The molecule has 0 saturated carbocycles. The average molecular weight is 246 g/mol. The molecule has 0 radical (unpaired) electrons. The highest BCUT2D eigenvalue weighted by molar-refractivity contribution is 5.45. The number of rotatable bonds is 6. The molecule has 0 spiro atoms. The highest BCUT2D eigenvalue weighted by atomic mass is 15.1. The Labute approximate surface area is 111 Å². The topological polar surface area (TPSA) is 15.3 Å². The molecule has 2 nitrogen and oxygen atoms in total. The van der Waals surface area contributed by atoms with Crippen LogP contribution in [0.3, 0.4) is 0 Å². The van der Waals surface area contributed by atoms with Gasteiger partial charge in [0, 0.05) is 18.8 Å². The Balaban J connectivity index is 1.73. The molecule has 1 fully saturated rings. The first-order valence-electron chi connectivity index (χ1n) is 7.41. The summed E-state index contributed by atoms with van der Waals surface area (Å²) in [5.41, 5.74) is 1.36. The van der Waals surface area contributed by atoms with Crippen LogP contribution in [-0.2, 0) is 0 Å². The SMILES string of the molecule is CCN(CCCC1CCCNC1)c1ccccc1. The van der Waals surface area contributed by atoms with E-state index in [1.165, 1.54) is 51.0 Å². The van der Waals surface area contributed by atoms with Crippen LogP contribution < -0.4 is 10.2 Å². The number of anilines is 1. The van der Waals surface area contributed by atoms with Gasteiger partial charge < -0.3 is 10.2 Å². The van der Waals surface area contributed by atoms with Crippen molar-refractivity contribution in [1.29, 1.82) is 0 Å².